The van der Waals surface area contributed by atoms with E-state index in [0.29, 0.717) is 28.8 Å². The van der Waals surface area contributed by atoms with Crippen LogP contribution in [0.25, 0.3) is 0 Å². The first-order chi connectivity index (χ1) is 14.0. The van der Waals surface area contributed by atoms with Gasteiger partial charge in [-0.15, -0.1) is 0 Å². The fourth-order valence-corrected chi connectivity index (χ4v) is 2.53. The topological polar surface area (TPSA) is 106 Å². The van der Waals surface area contributed by atoms with Gasteiger partial charge in [0.05, 0.1) is 19.4 Å². The summed E-state index contributed by atoms with van der Waals surface area (Å²) in [4.78, 5) is 15.9. The Hall–Kier alpha value is -3.50. The van der Waals surface area contributed by atoms with E-state index in [1.54, 1.807) is 18.2 Å². The molecule has 1 aliphatic rings. The monoisotopic (exact) mass is 410 g/mol. The summed E-state index contributed by atoms with van der Waals surface area (Å²) in [7, 11) is 1.52. The summed E-state index contributed by atoms with van der Waals surface area (Å²) >= 11 is 0. The second-order valence-electron chi connectivity index (χ2n) is 5.83. The van der Waals surface area contributed by atoms with Gasteiger partial charge in [0.25, 0.3) is 0 Å². The maximum Gasteiger partial charge on any atom is 0.387 e. The molecule has 3 rings (SSSR count). The van der Waals surface area contributed by atoms with Crippen LogP contribution < -0.4 is 30.2 Å². The van der Waals surface area contributed by atoms with Gasteiger partial charge in [0.1, 0.15) is 11.5 Å². The molecule has 0 saturated carbocycles. The van der Waals surface area contributed by atoms with Crippen molar-refractivity contribution < 1.29 is 32.2 Å². The van der Waals surface area contributed by atoms with Gasteiger partial charge in [-0.1, -0.05) is 0 Å². The molecule has 9 nitrogen and oxygen atoms in total. The Bertz CT molecular complexity index is 858. The molecule has 156 valence electrons. The molecular formula is C18H20F2N4O5. The number of carbonyl (C=O) groups excluding carboxylic acids is 1. The molecule has 1 aromatic heterocycles. The zero-order valence-corrected chi connectivity index (χ0v) is 15.5. The lowest BCUT2D eigenvalue weighted by atomic mass is 10.1. The molecule has 0 spiro atoms. The molecule has 0 aliphatic carbocycles. The highest BCUT2D eigenvalue weighted by molar-refractivity contribution is 5.86. The Kier molecular flexibility index (Phi) is 6.72. The quantitative estimate of drug-likeness (QED) is 0.448. The molecule has 0 unspecified atom stereocenters. The van der Waals surface area contributed by atoms with Crippen LogP contribution in [-0.2, 0) is 17.9 Å². The van der Waals surface area contributed by atoms with Crippen molar-refractivity contribution >= 4 is 11.9 Å². The summed E-state index contributed by atoms with van der Waals surface area (Å²) in [6.07, 6.45) is 1.52. The van der Waals surface area contributed by atoms with Crippen molar-refractivity contribution in [2.45, 2.75) is 19.7 Å². The van der Waals surface area contributed by atoms with Crippen LogP contribution in [0.15, 0.2) is 39.9 Å². The maximum absolute atomic E-state index is 12.7. The third-order valence-corrected chi connectivity index (χ3v) is 3.90. The minimum atomic E-state index is -2.98. The van der Waals surface area contributed by atoms with Crippen LogP contribution in [0.5, 0.6) is 17.2 Å². The number of nitrogens with zero attached hydrogens (tertiary/aromatic N) is 1. The van der Waals surface area contributed by atoms with E-state index in [-0.39, 0.29) is 38.1 Å². The molecule has 0 radical (unpaired) electrons. The van der Waals surface area contributed by atoms with E-state index < -0.39 is 6.61 Å². The number of rotatable bonds is 8. The fourth-order valence-electron chi connectivity index (χ4n) is 2.53. The molecule has 2 aromatic rings. The molecule has 2 heterocycles. The molecule has 0 fully saturated rings. The summed E-state index contributed by atoms with van der Waals surface area (Å²) in [5.41, 5.74) is 0.416. The van der Waals surface area contributed by atoms with E-state index >= 15 is 0 Å². The third-order valence-electron chi connectivity index (χ3n) is 3.90. The van der Waals surface area contributed by atoms with Crippen LogP contribution in [0.1, 0.15) is 11.3 Å². The molecule has 1 aromatic carbocycles. The average Bonchev–Trinajstić information content (AvgIpc) is 3.37. The van der Waals surface area contributed by atoms with Crippen LogP contribution in [0.3, 0.4) is 0 Å². The van der Waals surface area contributed by atoms with Gasteiger partial charge < -0.3 is 34.6 Å². The minimum absolute atomic E-state index is 0.0106. The van der Waals surface area contributed by atoms with Gasteiger partial charge in [-0.05, 0) is 18.2 Å². The zero-order valence-electron chi connectivity index (χ0n) is 15.5. The SMILES string of the molecule is CN=C(NCC(=O)NCc1ccco1)NCc1cc2c(cc1OC(F)F)OCO2. The second kappa shape index (κ2) is 9.62. The van der Waals surface area contributed by atoms with Gasteiger partial charge in [-0.25, -0.2) is 0 Å². The minimum Gasteiger partial charge on any atom is -0.467 e. The lowest BCUT2D eigenvalue weighted by Crippen LogP contribution is -2.42. The van der Waals surface area contributed by atoms with Gasteiger partial charge in [-0.2, -0.15) is 8.78 Å². The number of nitrogens with one attached hydrogen (secondary N) is 3. The first-order valence-corrected chi connectivity index (χ1v) is 8.66. The van der Waals surface area contributed by atoms with Crippen molar-refractivity contribution in [3.05, 3.63) is 41.9 Å². The number of benzene rings is 1. The van der Waals surface area contributed by atoms with Crippen molar-refractivity contribution in [2.75, 3.05) is 20.4 Å². The van der Waals surface area contributed by atoms with Gasteiger partial charge in [0.2, 0.25) is 12.7 Å². The van der Waals surface area contributed by atoms with E-state index in [2.05, 4.69) is 25.7 Å². The Labute approximate surface area is 165 Å². The molecule has 11 heteroatoms. The predicted molar refractivity (Wildman–Crippen MR) is 98.0 cm³/mol. The van der Waals surface area contributed by atoms with Gasteiger partial charge >= 0.3 is 6.61 Å². The lowest BCUT2D eigenvalue weighted by Gasteiger charge is -2.15. The number of furan rings is 1. The number of ether oxygens (including phenoxy) is 3. The maximum atomic E-state index is 12.7. The van der Waals surface area contributed by atoms with Gasteiger partial charge in [-0.3, -0.25) is 9.79 Å². The van der Waals surface area contributed by atoms with E-state index in [0.717, 1.165) is 0 Å². The fraction of sp³-hybridized carbons (Fsp3) is 0.333. The number of hydrogen-bond acceptors (Lipinski definition) is 6. The molecular weight excluding hydrogens is 390 g/mol. The standard InChI is InChI=1S/C18H20F2N4O5/c1-21-18(24-9-16(25)22-8-12-3-2-4-26-12)23-7-11-5-14-15(28-10-27-14)6-13(11)29-17(19)20/h2-6,17H,7-10H2,1H3,(H,22,25)(H2,21,23,24). The van der Waals surface area contributed by atoms with Crippen LogP contribution in [0.4, 0.5) is 8.78 Å². The number of guanidine groups is 1. The Balaban J connectivity index is 1.53. The van der Waals surface area contributed by atoms with Crippen molar-refractivity contribution in [1.82, 2.24) is 16.0 Å². The zero-order chi connectivity index (χ0) is 20.6. The van der Waals surface area contributed by atoms with Crippen LogP contribution in [-0.4, -0.2) is 38.9 Å². The van der Waals surface area contributed by atoms with E-state index in [9.17, 15) is 13.6 Å². The average molecular weight is 410 g/mol. The highest BCUT2D eigenvalue weighted by atomic mass is 19.3. The largest absolute Gasteiger partial charge is 0.467 e. The molecule has 1 aliphatic heterocycles. The van der Waals surface area contributed by atoms with Crippen LogP contribution in [0, 0.1) is 0 Å². The van der Waals surface area contributed by atoms with Crippen molar-refractivity contribution in [3.63, 3.8) is 0 Å². The number of carbonyl (C=O) groups is 1. The highest BCUT2D eigenvalue weighted by Gasteiger charge is 2.20. The third kappa shape index (κ3) is 5.74. The Morgan fingerprint density at radius 1 is 1.21 bits per heavy atom. The Morgan fingerprint density at radius 2 is 2.00 bits per heavy atom. The van der Waals surface area contributed by atoms with E-state index in [4.69, 9.17) is 13.9 Å². The Morgan fingerprint density at radius 3 is 2.69 bits per heavy atom. The van der Waals surface area contributed by atoms with Crippen molar-refractivity contribution in [2.24, 2.45) is 4.99 Å². The van der Waals surface area contributed by atoms with Crippen LogP contribution in [0.2, 0.25) is 0 Å². The van der Waals surface area contributed by atoms with Gasteiger partial charge in [0, 0.05) is 25.2 Å². The molecule has 29 heavy (non-hydrogen) atoms. The predicted octanol–water partition coefficient (Wildman–Crippen LogP) is 1.59. The number of alkyl halides is 2. The summed E-state index contributed by atoms with van der Waals surface area (Å²) in [5.74, 6) is 1.40. The number of halogens is 2. The number of fused-ring (bicyclic) bond motifs is 1. The molecule has 0 bridgehead atoms. The highest BCUT2D eigenvalue weighted by Crippen LogP contribution is 2.38. The molecule has 0 saturated heterocycles. The van der Waals surface area contributed by atoms with Crippen LogP contribution >= 0.6 is 0 Å². The molecule has 3 N–H and O–H groups in total. The summed E-state index contributed by atoms with van der Waals surface area (Å²) in [6.45, 7) is -2.64. The molecule has 0 atom stereocenters. The normalized spacial score (nSPS) is 12.8. The number of aliphatic imine (C=N–C) groups is 1. The van der Waals surface area contributed by atoms with E-state index in [1.807, 2.05) is 0 Å². The number of hydrogen-bond donors (Lipinski definition) is 3. The van der Waals surface area contributed by atoms with E-state index in [1.165, 1.54) is 19.4 Å². The lowest BCUT2D eigenvalue weighted by molar-refractivity contribution is -0.120. The molecule has 1 amide bonds. The number of amides is 1. The van der Waals surface area contributed by atoms with Crippen molar-refractivity contribution in [1.29, 1.82) is 0 Å². The smallest absolute Gasteiger partial charge is 0.387 e. The van der Waals surface area contributed by atoms with Gasteiger partial charge in [0.15, 0.2) is 17.5 Å². The first kappa shape index (κ1) is 20.2. The summed E-state index contributed by atoms with van der Waals surface area (Å²) in [6, 6.07) is 6.38. The first-order valence-electron chi connectivity index (χ1n) is 8.66. The second-order valence-corrected chi connectivity index (χ2v) is 5.83. The van der Waals surface area contributed by atoms with Crippen molar-refractivity contribution in [3.8, 4) is 17.2 Å². The summed E-state index contributed by atoms with van der Waals surface area (Å²) < 4.78 is 45.5. The summed E-state index contributed by atoms with van der Waals surface area (Å²) in [5, 5.41) is 8.45.